The standard InChI is InChI=1S/C81H81BN2/c1-53(2)56-47-74-76-75(48-56)84(71-40-36-63(77(3,4)5)49-66(71)59-45-57(54-26-18-14-19-27-54)44-58(46-59)55-28-20-15-21-29-55)73-52-68-67(78(6,7)42-43-79(68,8)9)51-70(73)82(76)69-50-64(81(12,13)61-32-24-17-25-33-61)37-41-72(69)83(74)65-38-34-62(35-39-65)80(10,11)60-30-22-16-23-31-60/h14-41,44-53H,42-43H2,1-13H3. The topological polar surface area (TPSA) is 6.48 Å². The molecule has 84 heavy (non-hydrogen) atoms. The molecule has 0 aromatic heterocycles. The van der Waals surface area contributed by atoms with Crippen molar-refractivity contribution in [3.63, 3.8) is 0 Å². The quantitative estimate of drug-likeness (QED) is 0.126. The number of hydrogen-bond donors (Lipinski definition) is 0. The highest BCUT2D eigenvalue weighted by Crippen LogP contribution is 2.53. The molecule has 0 saturated carbocycles. The average molecular weight is 1090 g/mol. The first kappa shape index (κ1) is 55.1. The Labute approximate surface area is 502 Å². The minimum atomic E-state index is -0.265. The minimum Gasteiger partial charge on any atom is -0.311 e. The number of fused-ring (bicyclic) bond motifs is 5. The van der Waals surface area contributed by atoms with E-state index in [0.29, 0.717) is 0 Å². The normalized spacial score (nSPS) is 15.1. The molecule has 418 valence electrons. The summed E-state index contributed by atoms with van der Waals surface area (Å²) in [7, 11) is 0. The summed E-state index contributed by atoms with van der Waals surface area (Å²) in [4.78, 5) is 5.36. The Bertz CT molecular complexity index is 4070. The number of rotatable bonds is 10. The second-order valence-corrected chi connectivity index (χ2v) is 28.3. The van der Waals surface area contributed by atoms with Crippen LogP contribution >= 0.6 is 0 Å². The summed E-state index contributed by atoms with van der Waals surface area (Å²) >= 11 is 0. The molecule has 0 amide bonds. The third-order valence-electron chi connectivity index (χ3n) is 19.8. The van der Waals surface area contributed by atoms with E-state index in [-0.39, 0.29) is 39.7 Å². The summed E-state index contributed by atoms with van der Waals surface area (Å²) in [6, 6.07) is 86.3. The van der Waals surface area contributed by atoms with E-state index in [1.165, 1.54) is 123 Å². The first-order valence-corrected chi connectivity index (χ1v) is 30.8. The lowest BCUT2D eigenvalue weighted by atomic mass is 9.32. The molecule has 2 aliphatic heterocycles. The zero-order chi connectivity index (χ0) is 58.7. The van der Waals surface area contributed by atoms with Crippen molar-refractivity contribution in [2.24, 2.45) is 0 Å². The molecule has 2 nitrogen and oxygen atoms in total. The minimum absolute atomic E-state index is 0.0174. The summed E-state index contributed by atoms with van der Waals surface area (Å²) in [5.74, 6) is 0.251. The molecular weight excluding hydrogens is 1010 g/mol. The van der Waals surface area contributed by atoms with Crippen LogP contribution in [0.15, 0.2) is 224 Å². The lowest BCUT2D eigenvalue weighted by molar-refractivity contribution is 0.332. The summed E-state index contributed by atoms with van der Waals surface area (Å²) < 4.78 is 0. The molecule has 0 saturated heterocycles. The third kappa shape index (κ3) is 9.34. The lowest BCUT2D eigenvalue weighted by Crippen LogP contribution is -2.62. The zero-order valence-corrected chi connectivity index (χ0v) is 51.8. The summed E-state index contributed by atoms with van der Waals surface area (Å²) in [5, 5.41) is 0. The maximum Gasteiger partial charge on any atom is 0.252 e. The second kappa shape index (κ2) is 20.3. The molecule has 2 heterocycles. The van der Waals surface area contributed by atoms with Crippen molar-refractivity contribution < 1.29 is 0 Å². The molecule has 0 N–H and O–H groups in total. The largest absolute Gasteiger partial charge is 0.311 e. The molecular formula is C81H81BN2. The Balaban J connectivity index is 1.14. The monoisotopic (exact) mass is 1090 g/mol. The highest BCUT2D eigenvalue weighted by atomic mass is 15.2. The van der Waals surface area contributed by atoms with E-state index >= 15 is 0 Å². The molecule has 1 aliphatic carbocycles. The van der Waals surface area contributed by atoms with Gasteiger partial charge in [-0.05, 0) is 190 Å². The van der Waals surface area contributed by atoms with E-state index < -0.39 is 0 Å². The van der Waals surface area contributed by atoms with Crippen molar-refractivity contribution in [2.75, 3.05) is 9.80 Å². The van der Waals surface area contributed by atoms with Gasteiger partial charge in [0.2, 0.25) is 0 Å². The van der Waals surface area contributed by atoms with Gasteiger partial charge in [0.25, 0.3) is 6.71 Å². The predicted molar refractivity (Wildman–Crippen MR) is 362 cm³/mol. The van der Waals surface area contributed by atoms with E-state index in [0.717, 1.165) is 18.5 Å². The van der Waals surface area contributed by atoms with Crippen molar-refractivity contribution >= 4 is 57.2 Å². The van der Waals surface area contributed by atoms with Gasteiger partial charge in [-0.1, -0.05) is 248 Å². The fourth-order valence-electron chi connectivity index (χ4n) is 14.2. The fourth-order valence-corrected chi connectivity index (χ4v) is 14.2. The Morgan fingerprint density at radius 2 is 0.810 bits per heavy atom. The highest BCUT2D eigenvalue weighted by molar-refractivity contribution is 7.00. The molecule has 0 radical (unpaired) electrons. The van der Waals surface area contributed by atoms with Gasteiger partial charge in [-0.2, -0.15) is 0 Å². The van der Waals surface area contributed by atoms with E-state index in [1.807, 2.05) is 0 Å². The van der Waals surface area contributed by atoms with Crippen molar-refractivity contribution in [1.29, 1.82) is 0 Å². The van der Waals surface area contributed by atoms with Crippen LogP contribution in [0.5, 0.6) is 0 Å². The van der Waals surface area contributed by atoms with Crippen LogP contribution in [0, 0.1) is 0 Å². The number of hydrogen-bond acceptors (Lipinski definition) is 2. The van der Waals surface area contributed by atoms with Gasteiger partial charge in [-0.3, -0.25) is 0 Å². The van der Waals surface area contributed by atoms with Gasteiger partial charge in [0.15, 0.2) is 0 Å². The Morgan fingerprint density at radius 1 is 0.369 bits per heavy atom. The van der Waals surface area contributed by atoms with E-state index in [1.54, 1.807) is 0 Å². The molecule has 0 fully saturated rings. The molecule has 13 rings (SSSR count). The van der Waals surface area contributed by atoms with Gasteiger partial charge in [-0.25, -0.2) is 0 Å². The van der Waals surface area contributed by atoms with Crippen molar-refractivity contribution in [2.45, 2.75) is 136 Å². The number of anilines is 6. The van der Waals surface area contributed by atoms with E-state index in [4.69, 9.17) is 0 Å². The van der Waals surface area contributed by atoms with Crippen LogP contribution in [0.4, 0.5) is 34.1 Å². The number of benzene rings is 10. The molecule has 0 spiro atoms. The van der Waals surface area contributed by atoms with Crippen LogP contribution in [0.2, 0.25) is 0 Å². The van der Waals surface area contributed by atoms with Crippen LogP contribution < -0.4 is 26.2 Å². The van der Waals surface area contributed by atoms with Crippen LogP contribution in [0.25, 0.3) is 33.4 Å². The summed E-state index contributed by atoms with van der Waals surface area (Å²) in [6.07, 6.45) is 2.26. The Kier molecular flexibility index (Phi) is 13.3. The van der Waals surface area contributed by atoms with Gasteiger partial charge >= 0.3 is 0 Å². The third-order valence-corrected chi connectivity index (χ3v) is 19.8. The molecule has 0 unspecified atom stereocenters. The van der Waals surface area contributed by atoms with Crippen LogP contribution in [-0.4, -0.2) is 6.71 Å². The van der Waals surface area contributed by atoms with Gasteiger partial charge in [-0.15, -0.1) is 0 Å². The van der Waals surface area contributed by atoms with Gasteiger partial charge in [0.05, 0.1) is 5.69 Å². The molecule has 0 bridgehead atoms. The van der Waals surface area contributed by atoms with Crippen molar-refractivity contribution in [3.8, 4) is 33.4 Å². The second-order valence-electron chi connectivity index (χ2n) is 28.3. The Morgan fingerprint density at radius 3 is 1.35 bits per heavy atom. The summed E-state index contributed by atoms with van der Waals surface area (Å²) in [6.45, 7) is 31.2. The maximum absolute atomic E-state index is 2.74. The van der Waals surface area contributed by atoms with Crippen molar-refractivity contribution in [1.82, 2.24) is 0 Å². The van der Waals surface area contributed by atoms with Gasteiger partial charge in [0.1, 0.15) is 0 Å². The van der Waals surface area contributed by atoms with Crippen molar-refractivity contribution in [3.05, 3.63) is 269 Å². The highest BCUT2D eigenvalue weighted by Gasteiger charge is 2.48. The zero-order valence-electron chi connectivity index (χ0n) is 51.8. The molecule has 3 heteroatoms. The number of nitrogens with zero attached hydrogens (tertiary/aromatic N) is 2. The smallest absolute Gasteiger partial charge is 0.252 e. The molecule has 10 aromatic rings. The first-order valence-electron chi connectivity index (χ1n) is 30.8. The average Bonchev–Trinajstić information content (AvgIpc) is 0.890. The molecule has 0 atom stereocenters. The first-order chi connectivity index (χ1) is 40.1. The Hall–Kier alpha value is -8.14. The van der Waals surface area contributed by atoms with Crippen LogP contribution in [0.1, 0.15) is 153 Å². The van der Waals surface area contributed by atoms with Crippen LogP contribution in [-0.2, 0) is 27.1 Å². The van der Waals surface area contributed by atoms with E-state index in [2.05, 4.69) is 324 Å². The van der Waals surface area contributed by atoms with Gasteiger partial charge in [0, 0.05) is 44.8 Å². The lowest BCUT2D eigenvalue weighted by Gasteiger charge is -2.48. The van der Waals surface area contributed by atoms with E-state index in [9.17, 15) is 0 Å². The maximum atomic E-state index is 2.74. The molecule has 10 aromatic carbocycles. The fraction of sp³-hybridized carbons (Fsp3) is 0.259. The van der Waals surface area contributed by atoms with Crippen LogP contribution in [0.3, 0.4) is 0 Å². The molecule has 3 aliphatic rings. The van der Waals surface area contributed by atoms with Gasteiger partial charge < -0.3 is 9.80 Å². The predicted octanol–water partition coefficient (Wildman–Crippen LogP) is 20.2. The summed E-state index contributed by atoms with van der Waals surface area (Å²) in [5.41, 5.74) is 28.8. The SMILES string of the molecule is CC(C)c1cc2c3c(c1)N(c1ccc(C(C)(C)C)cc1-c1cc(-c4ccccc4)cc(-c4ccccc4)c1)c1cc4c(cc1B3c1cc(C(C)(C)c3ccccc3)ccc1N2c1ccc(C(C)(C)c2ccccc2)cc1)C(C)(C)CCC4(C)C.